The standard InChI is InChI=1S/C27H26Cl2FN3O4/c1-27(2,3)37-26(35)31-13-17-12-21(29)22-23(32-17)25(34)33(14-15-5-8-18(36-4)9-6-15)24(22)19-11-16(30)7-10-20(19)28/h5-12,24H,13-14H2,1-4H3,(H,31,35). The third-order valence-electron chi connectivity index (χ3n) is 5.69. The zero-order chi connectivity index (χ0) is 26.9. The Labute approximate surface area is 224 Å². The molecule has 1 unspecified atom stereocenters. The Bertz CT molecular complexity index is 1340. The van der Waals surface area contributed by atoms with E-state index in [9.17, 15) is 14.0 Å². The second-order valence-corrected chi connectivity index (χ2v) is 10.4. The van der Waals surface area contributed by atoms with E-state index in [1.165, 1.54) is 18.2 Å². The molecule has 0 saturated heterocycles. The summed E-state index contributed by atoms with van der Waals surface area (Å²) in [5.41, 5.74) is 1.47. The Morgan fingerprint density at radius 1 is 1.11 bits per heavy atom. The first-order valence-electron chi connectivity index (χ1n) is 11.5. The highest BCUT2D eigenvalue weighted by Crippen LogP contribution is 2.44. The number of aromatic nitrogens is 1. The molecule has 0 aliphatic carbocycles. The summed E-state index contributed by atoms with van der Waals surface area (Å²) in [6.45, 7) is 5.46. The lowest BCUT2D eigenvalue weighted by atomic mass is 9.98. The largest absolute Gasteiger partial charge is 0.497 e. The van der Waals surface area contributed by atoms with Gasteiger partial charge in [-0.1, -0.05) is 35.3 Å². The summed E-state index contributed by atoms with van der Waals surface area (Å²) in [6, 6.07) is 12.1. The fourth-order valence-electron chi connectivity index (χ4n) is 4.11. The van der Waals surface area contributed by atoms with Crippen molar-refractivity contribution in [1.82, 2.24) is 15.2 Å². The van der Waals surface area contributed by atoms with E-state index in [1.807, 2.05) is 12.1 Å². The van der Waals surface area contributed by atoms with Crippen LogP contribution in [-0.4, -0.2) is 34.6 Å². The molecule has 0 spiro atoms. The highest BCUT2D eigenvalue weighted by atomic mass is 35.5. The molecule has 1 aliphatic rings. The van der Waals surface area contributed by atoms with Gasteiger partial charge in [0.05, 0.1) is 30.4 Å². The molecular formula is C27H26Cl2FN3O4. The van der Waals surface area contributed by atoms with Gasteiger partial charge in [-0.2, -0.15) is 0 Å². The Morgan fingerprint density at radius 2 is 1.81 bits per heavy atom. The van der Waals surface area contributed by atoms with Crippen LogP contribution in [0.5, 0.6) is 5.75 Å². The predicted molar refractivity (Wildman–Crippen MR) is 138 cm³/mol. The molecule has 2 aromatic carbocycles. The van der Waals surface area contributed by atoms with Crippen molar-refractivity contribution in [2.24, 2.45) is 0 Å². The maximum absolute atomic E-state index is 14.3. The molecule has 2 heterocycles. The number of ether oxygens (including phenoxy) is 2. The molecule has 3 aromatic rings. The topological polar surface area (TPSA) is 80.8 Å². The van der Waals surface area contributed by atoms with Crippen molar-refractivity contribution in [3.63, 3.8) is 0 Å². The number of fused-ring (bicyclic) bond motifs is 1. The smallest absolute Gasteiger partial charge is 0.407 e. The summed E-state index contributed by atoms with van der Waals surface area (Å²) in [5.74, 6) is -0.208. The van der Waals surface area contributed by atoms with Gasteiger partial charge in [0, 0.05) is 22.7 Å². The maximum atomic E-state index is 14.3. The highest BCUT2D eigenvalue weighted by molar-refractivity contribution is 6.33. The number of amides is 2. The molecule has 1 aromatic heterocycles. The van der Waals surface area contributed by atoms with Gasteiger partial charge >= 0.3 is 6.09 Å². The molecule has 37 heavy (non-hydrogen) atoms. The molecule has 10 heteroatoms. The Balaban J connectivity index is 1.72. The maximum Gasteiger partial charge on any atom is 0.407 e. The van der Waals surface area contributed by atoms with Crippen LogP contribution in [0.2, 0.25) is 10.0 Å². The molecule has 2 amide bonds. The second kappa shape index (κ2) is 10.6. The van der Waals surface area contributed by atoms with Crippen LogP contribution in [0.1, 0.15) is 59.7 Å². The number of rotatable bonds is 6. The molecule has 4 rings (SSSR count). The van der Waals surface area contributed by atoms with Gasteiger partial charge < -0.3 is 19.7 Å². The number of hydrogen-bond acceptors (Lipinski definition) is 5. The lowest BCUT2D eigenvalue weighted by molar-refractivity contribution is 0.0522. The fraction of sp³-hybridized carbons (Fsp3) is 0.296. The number of halogens is 3. The third kappa shape index (κ3) is 5.97. The first-order valence-corrected chi connectivity index (χ1v) is 12.3. The molecule has 1 N–H and O–H groups in total. The Hall–Kier alpha value is -3.36. The number of carbonyl (C=O) groups excluding carboxylic acids is 2. The van der Waals surface area contributed by atoms with Crippen LogP contribution in [0.15, 0.2) is 48.5 Å². The van der Waals surface area contributed by atoms with Crippen molar-refractivity contribution >= 4 is 35.2 Å². The molecule has 0 saturated carbocycles. The van der Waals surface area contributed by atoms with E-state index in [4.69, 9.17) is 32.7 Å². The average Bonchev–Trinajstić information content (AvgIpc) is 3.10. The van der Waals surface area contributed by atoms with Gasteiger partial charge in [0.2, 0.25) is 0 Å². The van der Waals surface area contributed by atoms with Gasteiger partial charge in [0.15, 0.2) is 0 Å². The number of pyridine rings is 1. The van der Waals surface area contributed by atoms with E-state index in [0.717, 1.165) is 5.56 Å². The molecule has 0 radical (unpaired) electrons. The summed E-state index contributed by atoms with van der Waals surface area (Å²) in [7, 11) is 1.57. The molecule has 7 nitrogen and oxygen atoms in total. The summed E-state index contributed by atoms with van der Waals surface area (Å²) in [6.07, 6.45) is -0.622. The van der Waals surface area contributed by atoms with Crippen LogP contribution < -0.4 is 10.1 Å². The molecule has 0 bridgehead atoms. The predicted octanol–water partition coefficient (Wildman–Crippen LogP) is 6.31. The number of hydrogen-bond donors (Lipinski definition) is 1. The van der Waals surface area contributed by atoms with Crippen LogP contribution in [0, 0.1) is 5.82 Å². The van der Waals surface area contributed by atoms with Crippen LogP contribution in [0.4, 0.5) is 9.18 Å². The van der Waals surface area contributed by atoms with Crippen molar-refractivity contribution in [2.45, 2.75) is 45.5 Å². The summed E-state index contributed by atoms with van der Waals surface area (Å²) in [5, 5.41) is 3.16. The van der Waals surface area contributed by atoms with Gasteiger partial charge in [-0.15, -0.1) is 0 Å². The monoisotopic (exact) mass is 545 g/mol. The van der Waals surface area contributed by atoms with Crippen molar-refractivity contribution in [3.05, 3.63) is 92.5 Å². The number of nitrogens with one attached hydrogen (secondary N) is 1. The number of benzene rings is 2. The van der Waals surface area contributed by atoms with Crippen LogP contribution in [0.3, 0.4) is 0 Å². The number of alkyl carbamates (subject to hydrolysis) is 1. The van der Waals surface area contributed by atoms with Crippen LogP contribution in [0.25, 0.3) is 0 Å². The van der Waals surface area contributed by atoms with E-state index < -0.39 is 29.5 Å². The van der Waals surface area contributed by atoms with Gasteiger partial charge in [-0.05, 0) is 62.7 Å². The Kier molecular flexibility index (Phi) is 7.62. The highest BCUT2D eigenvalue weighted by Gasteiger charge is 2.42. The summed E-state index contributed by atoms with van der Waals surface area (Å²) >= 11 is 13.2. The minimum Gasteiger partial charge on any atom is -0.497 e. The average molecular weight is 546 g/mol. The summed E-state index contributed by atoms with van der Waals surface area (Å²) in [4.78, 5) is 31.8. The number of methoxy groups -OCH3 is 1. The zero-order valence-electron chi connectivity index (χ0n) is 20.8. The summed E-state index contributed by atoms with van der Waals surface area (Å²) < 4.78 is 24.8. The fourth-order valence-corrected chi connectivity index (χ4v) is 4.65. The molecular weight excluding hydrogens is 520 g/mol. The van der Waals surface area contributed by atoms with Gasteiger partial charge in [0.25, 0.3) is 5.91 Å². The van der Waals surface area contributed by atoms with Gasteiger partial charge in [0.1, 0.15) is 22.9 Å². The van der Waals surface area contributed by atoms with E-state index in [0.29, 0.717) is 27.6 Å². The van der Waals surface area contributed by atoms with Gasteiger partial charge in [-0.25, -0.2) is 14.2 Å². The van der Waals surface area contributed by atoms with Crippen molar-refractivity contribution in [1.29, 1.82) is 0 Å². The normalized spacial score (nSPS) is 14.9. The first kappa shape index (κ1) is 26.7. The van der Waals surface area contributed by atoms with E-state index >= 15 is 0 Å². The molecule has 1 aliphatic heterocycles. The van der Waals surface area contributed by atoms with E-state index in [-0.39, 0.29) is 23.8 Å². The Morgan fingerprint density at radius 3 is 2.46 bits per heavy atom. The van der Waals surface area contributed by atoms with Crippen molar-refractivity contribution in [3.8, 4) is 5.75 Å². The number of carbonyl (C=O) groups is 2. The van der Waals surface area contributed by atoms with Crippen LogP contribution >= 0.6 is 23.2 Å². The lowest BCUT2D eigenvalue weighted by Gasteiger charge is -2.27. The first-order chi connectivity index (χ1) is 17.5. The minimum absolute atomic E-state index is 0.000931. The van der Waals surface area contributed by atoms with Crippen molar-refractivity contribution < 1.29 is 23.5 Å². The third-order valence-corrected chi connectivity index (χ3v) is 6.34. The van der Waals surface area contributed by atoms with E-state index in [1.54, 1.807) is 51.0 Å². The second-order valence-electron chi connectivity index (χ2n) is 9.56. The van der Waals surface area contributed by atoms with Crippen LogP contribution in [-0.2, 0) is 17.8 Å². The van der Waals surface area contributed by atoms with Gasteiger partial charge in [-0.3, -0.25) is 4.79 Å². The molecule has 0 fully saturated rings. The minimum atomic E-state index is -0.763. The molecule has 1 atom stereocenters. The SMILES string of the molecule is COc1ccc(CN2C(=O)c3nc(CNC(=O)OC(C)(C)C)cc(Cl)c3C2c2cc(F)ccc2Cl)cc1. The molecule has 194 valence electrons. The van der Waals surface area contributed by atoms with E-state index in [2.05, 4.69) is 10.3 Å². The number of nitrogens with zero attached hydrogens (tertiary/aromatic N) is 2. The zero-order valence-corrected chi connectivity index (χ0v) is 22.3. The van der Waals surface area contributed by atoms with Crippen molar-refractivity contribution in [2.75, 3.05) is 7.11 Å². The quantitative estimate of drug-likeness (QED) is 0.392. The lowest BCUT2D eigenvalue weighted by Crippen LogP contribution is -2.32.